The maximum atomic E-state index is 13.2. The third-order valence-electron chi connectivity index (χ3n) is 4.02. The molecule has 3 rings (SSSR count). The maximum Gasteiger partial charge on any atom is 0.166 e. The molecule has 0 fully saturated rings. The number of nitrogens with zero attached hydrogens (tertiary/aromatic N) is 1. The number of halogens is 3. The highest BCUT2D eigenvalue weighted by atomic mass is 35.5. The Balaban J connectivity index is 0.00000280. The number of methoxy groups -OCH3 is 1. The fourth-order valence-electron chi connectivity index (χ4n) is 2.64. The molecule has 0 bridgehead atoms. The van der Waals surface area contributed by atoms with Crippen LogP contribution < -0.4 is 27.2 Å². The molecule has 4 nitrogen and oxygen atoms in total. The van der Waals surface area contributed by atoms with Crippen molar-refractivity contribution in [2.75, 3.05) is 7.11 Å². The van der Waals surface area contributed by atoms with Crippen LogP contribution in [-0.4, -0.2) is 12.1 Å². The second-order valence-corrected chi connectivity index (χ2v) is 6.30. The molecule has 1 aromatic heterocycles. The first-order chi connectivity index (χ1) is 13.2. The number of hydrogen-bond donors (Lipinski definition) is 1. The summed E-state index contributed by atoms with van der Waals surface area (Å²) in [6.45, 7) is 1.44. The molecule has 0 aliphatic rings. The van der Waals surface area contributed by atoms with Crippen molar-refractivity contribution < 1.29 is 26.3 Å². The summed E-state index contributed by atoms with van der Waals surface area (Å²) in [6.07, 6.45) is 1.77. The number of ether oxygens (including phenoxy) is 2. The summed E-state index contributed by atoms with van der Waals surface area (Å²) in [5.74, 6) is 0.889. The van der Waals surface area contributed by atoms with Gasteiger partial charge < -0.3 is 27.2 Å². The van der Waals surface area contributed by atoms with E-state index in [4.69, 9.17) is 21.1 Å². The number of benzene rings is 2. The Bertz CT molecular complexity index is 895. The van der Waals surface area contributed by atoms with Crippen molar-refractivity contribution in [3.05, 3.63) is 88.5 Å². The lowest BCUT2D eigenvalue weighted by Gasteiger charge is -2.16. The molecule has 0 atom stereocenters. The third-order valence-corrected chi connectivity index (χ3v) is 4.37. The van der Waals surface area contributed by atoms with Crippen LogP contribution in [0.2, 0.25) is 5.02 Å². The zero-order valence-corrected chi connectivity index (χ0v) is 16.8. The lowest BCUT2D eigenvalue weighted by molar-refractivity contribution is -0.00000662. The molecule has 2 aromatic carbocycles. The van der Waals surface area contributed by atoms with E-state index in [1.165, 1.54) is 12.1 Å². The van der Waals surface area contributed by atoms with Crippen LogP contribution in [0.4, 0.5) is 4.39 Å². The molecule has 3 aromatic rings. The van der Waals surface area contributed by atoms with E-state index in [-0.39, 0.29) is 24.8 Å². The molecular formula is C21H20Cl2FN2O2-. The predicted octanol–water partition coefficient (Wildman–Crippen LogP) is 1.76. The van der Waals surface area contributed by atoms with E-state index in [9.17, 15) is 4.39 Å². The Labute approximate surface area is 175 Å². The van der Waals surface area contributed by atoms with Gasteiger partial charge in [-0.3, -0.25) is 4.98 Å². The Hall–Kier alpha value is -2.34. The second kappa shape index (κ2) is 10.9. The highest BCUT2D eigenvalue weighted by Crippen LogP contribution is 2.32. The van der Waals surface area contributed by atoms with Gasteiger partial charge in [-0.05, 0) is 30.3 Å². The number of nitrogens with one attached hydrogen (secondary N) is 1. The summed E-state index contributed by atoms with van der Waals surface area (Å²) in [4.78, 5) is 4.30. The summed E-state index contributed by atoms with van der Waals surface area (Å²) < 4.78 is 24.6. The molecular weight excluding hydrogens is 402 g/mol. The zero-order chi connectivity index (χ0) is 19.1. The average molecular weight is 422 g/mol. The van der Waals surface area contributed by atoms with E-state index in [1.54, 1.807) is 19.4 Å². The van der Waals surface area contributed by atoms with Crippen LogP contribution in [0.15, 0.2) is 60.8 Å². The normalized spacial score (nSPS) is 10.2. The molecule has 148 valence electrons. The van der Waals surface area contributed by atoms with Gasteiger partial charge in [-0.2, -0.15) is 0 Å². The van der Waals surface area contributed by atoms with E-state index in [0.717, 1.165) is 11.3 Å². The Morgan fingerprint density at radius 2 is 1.89 bits per heavy atom. The Morgan fingerprint density at radius 3 is 2.61 bits per heavy atom. The molecule has 28 heavy (non-hydrogen) atoms. The summed E-state index contributed by atoms with van der Waals surface area (Å²) >= 11 is 6.09. The molecule has 7 heteroatoms. The molecule has 0 aliphatic carbocycles. The number of para-hydroxylation sites is 1. The zero-order valence-electron chi connectivity index (χ0n) is 15.3. The fourth-order valence-corrected chi connectivity index (χ4v) is 2.86. The van der Waals surface area contributed by atoms with E-state index >= 15 is 0 Å². The molecule has 1 N–H and O–H groups in total. The van der Waals surface area contributed by atoms with Crippen LogP contribution in [0.1, 0.15) is 16.8 Å². The number of aromatic nitrogens is 1. The first-order valence-corrected chi connectivity index (χ1v) is 8.88. The number of rotatable bonds is 8. The van der Waals surface area contributed by atoms with Gasteiger partial charge in [0.25, 0.3) is 0 Å². The van der Waals surface area contributed by atoms with Gasteiger partial charge >= 0.3 is 0 Å². The number of hydrogen-bond acceptors (Lipinski definition) is 4. The van der Waals surface area contributed by atoms with Gasteiger partial charge in [0.05, 0.1) is 17.8 Å². The molecule has 0 unspecified atom stereocenters. The van der Waals surface area contributed by atoms with Crippen LogP contribution in [0.5, 0.6) is 11.5 Å². The summed E-state index contributed by atoms with van der Waals surface area (Å²) in [5.41, 5.74) is 2.61. The Morgan fingerprint density at radius 1 is 1.04 bits per heavy atom. The van der Waals surface area contributed by atoms with Crippen LogP contribution in [0.25, 0.3) is 0 Å². The topological polar surface area (TPSA) is 43.4 Å². The lowest BCUT2D eigenvalue weighted by Crippen LogP contribution is -3.00. The predicted molar refractivity (Wildman–Crippen MR) is 104 cm³/mol. The SMILES string of the molecule is COc1cccc(CNCc2ccccn2)c1OCc1ccc(F)cc1Cl.[Cl-]. The molecule has 0 amide bonds. The second-order valence-electron chi connectivity index (χ2n) is 5.90. The summed E-state index contributed by atoms with van der Waals surface area (Å²) in [7, 11) is 1.60. The first-order valence-electron chi connectivity index (χ1n) is 8.50. The third kappa shape index (κ3) is 5.83. The van der Waals surface area contributed by atoms with Gasteiger partial charge in [0.2, 0.25) is 0 Å². The van der Waals surface area contributed by atoms with E-state index in [1.807, 2.05) is 36.4 Å². The van der Waals surface area contributed by atoms with Gasteiger partial charge in [-0.15, -0.1) is 0 Å². The number of pyridine rings is 1. The van der Waals surface area contributed by atoms with Gasteiger partial charge in [0.1, 0.15) is 12.4 Å². The van der Waals surface area contributed by atoms with Crippen molar-refractivity contribution in [3.8, 4) is 11.5 Å². The summed E-state index contributed by atoms with van der Waals surface area (Å²) in [6, 6.07) is 15.8. The monoisotopic (exact) mass is 421 g/mol. The van der Waals surface area contributed by atoms with Crippen LogP contribution in [0, 0.1) is 5.82 Å². The lowest BCUT2D eigenvalue weighted by atomic mass is 10.1. The standard InChI is InChI=1S/C21H20ClFN2O2.ClH/c1-26-20-7-4-5-15(12-24-13-18-6-2-3-10-25-18)21(20)27-14-16-8-9-17(23)11-19(16)22;/h2-11,24H,12-14H2,1H3;1H/p-1. The van der Waals surface area contributed by atoms with Crippen LogP contribution >= 0.6 is 11.6 Å². The average Bonchev–Trinajstić information content (AvgIpc) is 2.68. The molecule has 0 radical (unpaired) electrons. The summed E-state index contributed by atoms with van der Waals surface area (Å²) in [5, 5.41) is 3.69. The highest BCUT2D eigenvalue weighted by Gasteiger charge is 2.12. The molecule has 0 saturated heterocycles. The quantitative estimate of drug-likeness (QED) is 0.601. The first kappa shape index (κ1) is 22.0. The fraction of sp³-hybridized carbons (Fsp3) is 0.190. The smallest absolute Gasteiger partial charge is 0.166 e. The van der Waals surface area contributed by atoms with E-state index in [0.29, 0.717) is 35.2 Å². The maximum absolute atomic E-state index is 13.2. The largest absolute Gasteiger partial charge is 1.00 e. The van der Waals surface area contributed by atoms with E-state index in [2.05, 4.69) is 10.3 Å². The molecule has 0 saturated carbocycles. The van der Waals surface area contributed by atoms with Gasteiger partial charge in [0, 0.05) is 30.4 Å². The van der Waals surface area contributed by atoms with Crippen LogP contribution in [0.3, 0.4) is 0 Å². The Kier molecular flexibility index (Phi) is 8.51. The molecule has 0 aliphatic heterocycles. The highest BCUT2D eigenvalue weighted by molar-refractivity contribution is 6.31. The van der Waals surface area contributed by atoms with Gasteiger partial charge in [-0.25, -0.2) is 4.39 Å². The van der Waals surface area contributed by atoms with Crippen molar-refractivity contribution in [2.24, 2.45) is 0 Å². The van der Waals surface area contributed by atoms with Crippen molar-refractivity contribution in [3.63, 3.8) is 0 Å². The van der Waals surface area contributed by atoms with Crippen LogP contribution in [-0.2, 0) is 19.7 Å². The minimum absolute atomic E-state index is 0. The van der Waals surface area contributed by atoms with Gasteiger partial charge in [0.15, 0.2) is 11.5 Å². The minimum atomic E-state index is -0.375. The van der Waals surface area contributed by atoms with Gasteiger partial charge in [-0.1, -0.05) is 35.9 Å². The molecule has 0 spiro atoms. The van der Waals surface area contributed by atoms with Crippen molar-refractivity contribution in [2.45, 2.75) is 19.7 Å². The minimum Gasteiger partial charge on any atom is -1.00 e. The molecule has 1 heterocycles. The van der Waals surface area contributed by atoms with Crippen molar-refractivity contribution in [1.29, 1.82) is 0 Å². The van der Waals surface area contributed by atoms with Crippen molar-refractivity contribution in [1.82, 2.24) is 10.3 Å². The van der Waals surface area contributed by atoms with Crippen molar-refractivity contribution >= 4 is 11.6 Å². The van der Waals surface area contributed by atoms with E-state index < -0.39 is 0 Å².